The number of pyridine rings is 1. The minimum atomic E-state index is -0.356. The molecule has 6 rings (SSSR count). The molecule has 3 aliphatic rings. The topological polar surface area (TPSA) is 56.2 Å². The number of hydrazone groups is 1. The normalized spacial score (nSPS) is 21.7. The lowest BCUT2D eigenvalue weighted by atomic mass is 9.96. The summed E-state index contributed by atoms with van der Waals surface area (Å²) in [6, 6.07) is 20.2. The average Bonchev–Trinajstić information content (AvgIpc) is 3.25. The molecule has 6 nitrogen and oxygen atoms in total. The summed E-state index contributed by atoms with van der Waals surface area (Å²) in [6.07, 6.45) is 2.23. The predicted octanol–water partition coefficient (Wildman–Crippen LogP) is 4.10. The Morgan fingerprint density at radius 3 is 2.62 bits per heavy atom. The maximum Gasteiger partial charge on any atom is 0.230 e. The van der Waals surface area contributed by atoms with Crippen molar-refractivity contribution in [2.45, 2.75) is 18.7 Å². The Kier molecular flexibility index (Phi) is 3.69. The third kappa shape index (κ3) is 2.71. The Hall–Kier alpha value is -3.54. The average molecular weight is 385 g/mol. The van der Waals surface area contributed by atoms with Crippen molar-refractivity contribution < 1.29 is 14.2 Å². The Morgan fingerprint density at radius 1 is 0.862 bits per heavy atom. The second-order valence-electron chi connectivity index (χ2n) is 7.27. The summed E-state index contributed by atoms with van der Waals surface area (Å²) in [7, 11) is 0. The SMILES string of the molecule is c1ccc([C@@H]2Oc3ccccc3[C@H]3CC(c4ccc5c(c4)OCCO5)=NN32)nc1. The van der Waals surface area contributed by atoms with Gasteiger partial charge in [-0.1, -0.05) is 24.3 Å². The standard InChI is InChI=1S/C23H19N3O3/c1-2-7-20-16(5-1)19-14-18(15-8-9-21-22(13-15)28-12-11-27-21)25-26(19)23(29-20)17-6-3-4-10-24-17/h1-10,13,19,23H,11-12,14H2/t19-,23+/m1/s1. The number of fused-ring (bicyclic) bond motifs is 4. The van der Waals surface area contributed by atoms with Gasteiger partial charge in [-0.2, -0.15) is 5.10 Å². The molecule has 0 N–H and O–H groups in total. The Bertz CT molecular complexity index is 1100. The molecule has 1 aromatic heterocycles. The fraction of sp³-hybridized carbons (Fsp3) is 0.217. The van der Waals surface area contributed by atoms with E-state index in [-0.39, 0.29) is 12.3 Å². The lowest BCUT2D eigenvalue weighted by Gasteiger charge is -2.37. The monoisotopic (exact) mass is 385 g/mol. The molecular formula is C23H19N3O3. The van der Waals surface area contributed by atoms with Crippen LogP contribution in [-0.4, -0.2) is 28.9 Å². The van der Waals surface area contributed by atoms with E-state index in [1.54, 1.807) is 6.20 Å². The summed E-state index contributed by atoms with van der Waals surface area (Å²) < 4.78 is 17.7. The maximum atomic E-state index is 6.32. The minimum Gasteiger partial charge on any atom is -0.486 e. The van der Waals surface area contributed by atoms with E-state index < -0.39 is 0 Å². The van der Waals surface area contributed by atoms with Gasteiger partial charge in [-0.05, 0) is 36.4 Å². The van der Waals surface area contributed by atoms with E-state index in [2.05, 4.69) is 11.1 Å². The molecule has 0 fully saturated rings. The van der Waals surface area contributed by atoms with Crippen molar-refractivity contribution >= 4 is 5.71 Å². The van der Waals surface area contributed by atoms with Crippen LogP contribution in [0.1, 0.15) is 35.5 Å². The first-order chi connectivity index (χ1) is 14.4. The summed E-state index contributed by atoms with van der Waals surface area (Å²) in [5.41, 5.74) is 4.05. The molecule has 0 bridgehead atoms. The van der Waals surface area contributed by atoms with E-state index in [4.69, 9.17) is 19.3 Å². The van der Waals surface area contributed by atoms with Crippen molar-refractivity contribution in [3.05, 3.63) is 83.7 Å². The lowest BCUT2D eigenvalue weighted by Crippen LogP contribution is -2.34. The number of ether oxygens (including phenoxy) is 3. The molecule has 0 unspecified atom stereocenters. The highest BCUT2D eigenvalue weighted by molar-refractivity contribution is 6.02. The van der Waals surface area contributed by atoms with Crippen molar-refractivity contribution in [3.63, 3.8) is 0 Å². The van der Waals surface area contributed by atoms with Crippen molar-refractivity contribution in [1.82, 2.24) is 9.99 Å². The number of hydrogen-bond donors (Lipinski definition) is 0. The second kappa shape index (κ2) is 6.51. The highest BCUT2D eigenvalue weighted by Crippen LogP contribution is 2.47. The van der Waals surface area contributed by atoms with Gasteiger partial charge in [0.25, 0.3) is 0 Å². The third-order valence-corrected chi connectivity index (χ3v) is 5.52. The number of benzene rings is 2. The van der Waals surface area contributed by atoms with Crippen molar-refractivity contribution in [2.24, 2.45) is 5.10 Å². The van der Waals surface area contributed by atoms with Gasteiger partial charge in [0, 0.05) is 23.7 Å². The number of hydrogen-bond acceptors (Lipinski definition) is 6. The third-order valence-electron chi connectivity index (χ3n) is 5.52. The first-order valence-corrected chi connectivity index (χ1v) is 9.79. The van der Waals surface area contributed by atoms with E-state index in [1.807, 2.05) is 59.6 Å². The summed E-state index contributed by atoms with van der Waals surface area (Å²) in [5, 5.41) is 7.01. The molecule has 0 radical (unpaired) electrons. The van der Waals surface area contributed by atoms with E-state index >= 15 is 0 Å². The summed E-state index contributed by atoms with van der Waals surface area (Å²) >= 11 is 0. The van der Waals surface area contributed by atoms with Crippen molar-refractivity contribution in [2.75, 3.05) is 13.2 Å². The van der Waals surface area contributed by atoms with Crippen LogP contribution in [0.4, 0.5) is 0 Å². The summed E-state index contributed by atoms with van der Waals surface area (Å²) in [5.74, 6) is 2.46. The van der Waals surface area contributed by atoms with Gasteiger partial charge in [-0.3, -0.25) is 4.98 Å². The fourth-order valence-corrected chi connectivity index (χ4v) is 4.15. The van der Waals surface area contributed by atoms with Crippen molar-refractivity contribution in [3.8, 4) is 17.2 Å². The van der Waals surface area contributed by atoms with Crippen LogP contribution in [-0.2, 0) is 0 Å². The molecule has 6 heteroatoms. The quantitative estimate of drug-likeness (QED) is 0.665. The molecule has 2 atom stereocenters. The van der Waals surface area contributed by atoms with Gasteiger partial charge >= 0.3 is 0 Å². The van der Waals surface area contributed by atoms with E-state index in [9.17, 15) is 0 Å². The van der Waals surface area contributed by atoms with Crippen molar-refractivity contribution in [1.29, 1.82) is 0 Å². The maximum absolute atomic E-state index is 6.32. The van der Waals surface area contributed by atoms with Crippen LogP contribution in [0.2, 0.25) is 0 Å². The highest BCUT2D eigenvalue weighted by atomic mass is 16.6. The second-order valence-corrected chi connectivity index (χ2v) is 7.27. The van der Waals surface area contributed by atoms with E-state index in [0.717, 1.165) is 46.2 Å². The van der Waals surface area contributed by atoms with Crippen LogP contribution in [0.25, 0.3) is 0 Å². The number of rotatable bonds is 2. The Morgan fingerprint density at radius 2 is 1.72 bits per heavy atom. The van der Waals surface area contributed by atoms with Crippen LogP contribution in [0.3, 0.4) is 0 Å². The van der Waals surface area contributed by atoms with E-state index in [0.29, 0.717) is 13.2 Å². The first kappa shape index (κ1) is 16.4. The smallest absolute Gasteiger partial charge is 0.230 e. The zero-order valence-electron chi connectivity index (χ0n) is 15.7. The molecule has 3 aromatic rings. The van der Waals surface area contributed by atoms with Gasteiger partial charge < -0.3 is 14.2 Å². The fourth-order valence-electron chi connectivity index (χ4n) is 4.15. The molecule has 2 aromatic carbocycles. The minimum absolute atomic E-state index is 0.107. The molecule has 0 spiro atoms. The van der Waals surface area contributed by atoms with Crippen LogP contribution in [0, 0.1) is 0 Å². The van der Waals surface area contributed by atoms with Crippen LogP contribution >= 0.6 is 0 Å². The van der Waals surface area contributed by atoms with Gasteiger partial charge in [0.1, 0.15) is 24.7 Å². The number of nitrogens with zero attached hydrogens (tertiary/aromatic N) is 3. The molecule has 144 valence electrons. The predicted molar refractivity (Wildman–Crippen MR) is 107 cm³/mol. The lowest BCUT2D eigenvalue weighted by molar-refractivity contribution is -0.0218. The zero-order chi connectivity index (χ0) is 19.2. The Labute approximate surface area is 168 Å². The molecule has 0 saturated carbocycles. The molecule has 29 heavy (non-hydrogen) atoms. The molecule has 0 aliphatic carbocycles. The Balaban J connectivity index is 1.42. The van der Waals surface area contributed by atoms with Gasteiger partial charge in [-0.15, -0.1) is 0 Å². The first-order valence-electron chi connectivity index (χ1n) is 9.79. The highest BCUT2D eigenvalue weighted by Gasteiger charge is 2.41. The number of para-hydroxylation sites is 1. The molecular weight excluding hydrogens is 366 g/mol. The van der Waals surface area contributed by atoms with Crippen LogP contribution in [0.15, 0.2) is 72.0 Å². The summed E-state index contributed by atoms with van der Waals surface area (Å²) in [4.78, 5) is 4.52. The van der Waals surface area contributed by atoms with Gasteiger partial charge in [0.05, 0.1) is 11.8 Å². The van der Waals surface area contributed by atoms with Crippen LogP contribution < -0.4 is 14.2 Å². The van der Waals surface area contributed by atoms with Gasteiger partial charge in [-0.25, -0.2) is 5.01 Å². The van der Waals surface area contributed by atoms with Gasteiger partial charge in [0.15, 0.2) is 11.5 Å². The van der Waals surface area contributed by atoms with Gasteiger partial charge in [0.2, 0.25) is 6.23 Å². The zero-order valence-corrected chi connectivity index (χ0v) is 15.7. The molecule has 4 heterocycles. The summed E-state index contributed by atoms with van der Waals surface area (Å²) in [6.45, 7) is 1.16. The largest absolute Gasteiger partial charge is 0.486 e. The molecule has 0 amide bonds. The number of aromatic nitrogens is 1. The van der Waals surface area contributed by atoms with Crippen LogP contribution in [0.5, 0.6) is 17.2 Å². The molecule has 0 saturated heterocycles. The molecule has 3 aliphatic heterocycles. The van der Waals surface area contributed by atoms with E-state index in [1.165, 1.54) is 0 Å².